The van der Waals surface area contributed by atoms with E-state index >= 15 is 0 Å². The van der Waals surface area contributed by atoms with Gasteiger partial charge in [0.25, 0.3) is 11.8 Å². The van der Waals surface area contributed by atoms with Crippen molar-refractivity contribution in [2.45, 2.75) is 20.0 Å². The Morgan fingerprint density at radius 3 is 2.45 bits per heavy atom. The predicted molar refractivity (Wildman–Crippen MR) is 149 cm³/mol. The van der Waals surface area contributed by atoms with Crippen molar-refractivity contribution in [1.29, 1.82) is 0 Å². The van der Waals surface area contributed by atoms with E-state index in [2.05, 4.69) is 30.1 Å². The molecule has 0 atom stereocenters. The first kappa shape index (κ1) is 24.7. The van der Waals surface area contributed by atoms with Gasteiger partial charge in [0.15, 0.2) is 0 Å². The number of aryl methyl sites for hydroxylation is 1. The quantitative estimate of drug-likeness (QED) is 0.188. The van der Waals surface area contributed by atoms with Crippen molar-refractivity contribution in [2.75, 3.05) is 4.90 Å². The fourth-order valence-corrected chi connectivity index (χ4v) is 4.47. The number of ether oxygens (including phenoxy) is 1. The van der Waals surface area contributed by atoms with Gasteiger partial charge in [-0.05, 0) is 71.1 Å². The molecule has 6 heteroatoms. The lowest BCUT2D eigenvalue weighted by molar-refractivity contribution is -0.122. The summed E-state index contributed by atoms with van der Waals surface area (Å²) < 4.78 is 6.20. The summed E-state index contributed by atoms with van der Waals surface area (Å²) in [5, 5.41) is 4.55. The molecule has 6 nitrogen and oxygen atoms in total. The zero-order valence-electron chi connectivity index (χ0n) is 20.9. The van der Waals surface area contributed by atoms with E-state index < -0.39 is 17.8 Å². The molecular formula is C32H26N2O4. The van der Waals surface area contributed by atoms with Crippen molar-refractivity contribution in [2.24, 2.45) is 0 Å². The molecule has 0 radical (unpaired) electrons. The molecule has 0 saturated carbocycles. The summed E-state index contributed by atoms with van der Waals surface area (Å²) in [5.74, 6) is -0.718. The van der Waals surface area contributed by atoms with Gasteiger partial charge >= 0.3 is 6.03 Å². The third-order valence-corrected chi connectivity index (χ3v) is 6.42. The van der Waals surface area contributed by atoms with E-state index in [1.54, 1.807) is 36.4 Å². The smallest absolute Gasteiger partial charge is 0.335 e. The molecule has 1 saturated heterocycles. The minimum absolute atomic E-state index is 0.126. The number of allylic oxidation sites excluding steroid dienone is 1. The molecule has 1 aliphatic heterocycles. The molecule has 0 aromatic heterocycles. The van der Waals surface area contributed by atoms with Crippen molar-refractivity contribution >= 4 is 40.4 Å². The van der Waals surface area contributed by atoms with Crippen molar-refractivity contribution in [1.82, 2.24) is 5.32 Å². The second-order valence-electron chi connectivity index (χ2n) is 9.08. The van der Waals surface area contributed by atoms with E-state index in [4.69, 9.17) is 4.74 Å². The number of hydrogen-bond acceptors (Lipinski definition) is 4. The van der Waals surface area contributed by atoms with E-state index in [1.165, 1.54) is 6.08 Å². The second kappa shape index (κ2) is 10.6. The van der Waals surface area contributed by atoms with Crippen LogP contribution in [-0.4, -0.2) is 17.8 Å². The van der Waals surface area contributed by atoms with Crippen molar-refractivity contribution in [3.05, 3.63) is 125 Å². The van der Waals surface area contributed by atoms with Crippen LogP contribution in [0, 0.1) is 6.92 Å². The maximum Gasteiger partial charge on any atom is 0.335 e. The first-order valence-corrected chi connectivity index (χ1v) is 12.3. The fourth-order valence-electron chi connectivity index (χ4n) is 4.47. The summed E-state index contributed by atoms with van der Waals surface area (Å²) in [6.07, 6.45) is 3.80. The van der Waals surface area contributed by atoms with Gasteiger partial charge in [-0.25, -0.2) is 9.69 Å². The van der Waals surface area contributed by atoms with Crippen LogP contribution in [0.4, 0.5) is 10.5 Å². The van der Waals surface area contributed by atoms with Crippen LogP contribution in [0.1, 0.15) is 22.3 Å². The Morgan fingerprint density at radius 2 is 1.66 bits per heavy atom. The van der Waals surface area contributed by atoms with Crippen LogP contribution in [-0.2, 0) is 22.6 Å². The van der Waals surface area contributed by atoms with Gasteiger partial charge in [-0.15, -0.1) is 6.58 Å². The molecule has 4 amide bonds. The molecule has 188 valence electrons. The molecule has 1 aliphatic rings. The Bertz CT molecular complexity index is 1600. The molecule has 0 aliphatic carbocycles. The highest BCUT2D eigenvalue weighted by Gasteiger charge is 2.36. The molecule has 0 spiro atoms. The number of imide groups is 2. The molecule has 1 fully saturated rings. The Hall–Kier alpha value is -4.97. The number of hydrogen-bond donors (Lipinski definition) is 1. The summed E-state index contributed by atoms with van der Waals surface area (Å²) in [5.41, 5.74) is 3.83. The first-order chi connectivity index (χ1) is 18.4. The Labute approximate surface area is 220 Å². The number of nitrogens with zero attached hydrogens (tertiary/aromatic N) is 1. The summed E-state index contributed by atoms with van der Waals surface area (Å²) in [7, 11) is 0. The van der Waals surface area contributed by atoms with Crippen LogP contribution in [0.25, 0.3) is 16.8 Å². The summed E-state index contributed by atoms with van der Waals surface area (Å²) in [6.45, 7) is 6.15. The van der Waals surface area contributed by atoms with Crippen LogP contribution in [0.2, 0.25) is 0 Å². The molecule has 0 unspecified atom stereocenters. The lowest BCUT2D eigenvalue weighted by atomic mass is 10.0. The van der Waals surface area contributed by atoms with Crippen LogP contribution in [0.3, 0.4) is 0 Å². The highest BCUT2D eigenvalue weighted by molar-refractivity contribution is 6.39. The molecule has 5 rings (SSSR count). The first-order valence-electron chi connectivity index (χ1n) is 12.3. The Morgan fingerprint density at radius 1 is 0.895 bits per heavy atom. The van der Waals surface area contributed by atoms with Gasteiger partial charge < -0.3 is 4.74 Å². The molecular weight excluding hydrogens is 476 g/mol. The number of rotatable bonds is 7. The number of carbonyl (C=O) groups excluding carboxylic acids is 3. The average Bonchev–Trinajstić information content (AvgIpc) is 2.91. The van der Waals surface area contributed by atoms with Gasteiger partial charge in [0.2, 0.25) is 0 Å². The maximum atomic E-state index is 13.2. The number of amides is 4. The highest BCUT2D eigenvalue weighted by atomic mass is 16.5. The fraction of sp³-hybridized carbons (Fsp3) is 0.0938. The SMILES string of the molecule is C=CCc1cc(/C=C2\C(=O)NC(=O)N(c3ccc(C)cc3)C2=O)ccc1OCc1cccc2ccccc12. The van der Waals surface area contributed by atoms with Gasteiger partial charge in [-0.3, -0.25) is 14.9 Å². The van der Waals surface area contributed by atoms with E-state index in [9.17, 15) is 14.4 Å². The van der Waals surface area contributed by atoms with E-state index in [0.29, 0.717) is 30.0 Å². The molecule has 38 heavy (non-hydrogen) atoms. The number of fused-ring (bicyclic) bond motifs is 1. The summed E-state index contributed by atoms with van der Waals surface area (Å²) in [6, 6.07) is 25.9. The standard InChI is InChI=1S/C32H26N2O4/c1-3-7-24-18-22(14-17-29(24)38-20-25-10-6-9-23-8-4-5-11-27(23)25)19-28-30(35)33-32(37)34(31(28)36)26-15-12-21(2)13-16-26/h3-6,8-19H,1,7,20H2,2H3,(H,33,35,37)/b28-19+. The molecule has 4 aromatic rings. The predicted octanol–water partition coefficient (Wildman–Crippen LogP) is 6.12. The monoisotopic (exact) mass is 502 g/mol. The molecule has 0 bridgehead atoms. The van der Waals surface area contributed by atoms with Gasteiger partial charge in [0.1, 0.15) is 17.9 Å². The highest BCUT2D eigenvalue weighted by Crippen LogP contribution is 2.27. The largest absolute Gasteiger partial charge is 0.489 e. The van der Waals surface area contributed by atoms with E-state index in [0.717, 1.165) is 32.4 Å². The normalized spacial score (nSPS) is 14.6. The maximum absolute atomic E-state index is 13.2. The Kier molecular flexibility index (Phi) is 6.87. The third-order valence-electron chi connectivity index (χ3n) is 6.42. The van der Waals surface area contributed by atoms with Crippen molar-refractivity contribution in [3.63, 3.8) is 0 Å². The van der Waals surface area contributed by atoms with Crippen LogP contribution < -0.4 is 15.0 Å². The van der Waals surface area contributed by atoms with Gasteiger partial charge in [0.05, 0.1) is 5.69 Å². The number of carbonyl (C=O) groups is 3. The van der Waals surface area contributed by atoms with E-state index in [1.807, 2.05) is 43.3 Å². The van der Waals surface area contributed by atoms with Gasteiger partial charge in [-0.2, -0.15) is 0 Å². The van der Waals surface area contributed by atoms with Crippen LogP contribution in [0.5, 0.6) is 5.75 Å². The number of nitrogens with one attached hydrogen (secondary N) is 1. The minimum Gasteiger partial charge on any atom is -0.489 e. The zero-order chi connectivity index (χ0) is 26.6. The molecule has 1 heterocycles. The topological polar surface area (TPSA) is 75.7 Å². The van der Waals surface area contributed by atoms with Crippen molar-refractivity contribution < 1.29 is 19.1 Å². The van der Waals surface area contributed by atoms with Gasteiger partial charge in [-0.1, -0.05) is 72.3 Å². The summed E-state index contributed by atoms with van der Waals surface area (Å²) >= 11 is 0. The Balaban J connectivity index is 1.42. The third kappa shape index (κ3) is 4.97. The van der Waals surface area contributed by atoms with Crippen LogP contribution in [0.15, 0.2) is 103 Å². The molecule has 1 N–H and O–H groups in total. The van der Waals surface area contributed by atoms with E-state index in [-0.39, 0.29) is 5.57 Å². The second-order valence-corrected chi connectivity index (χ2v) is 9.08. The van der Waals surface area contributed by atoms with Gasteiger partial charge in [0, 0.05) is 0 Å². The number of anilines is 1. The lowest BCUT2D eigenvalue weighted by Crippen LogP contribution is -2.54. The minimum atomic E-state index is -0.773. The average molecular weight is 503 g/mol. The lowest BCUT2D eigenvalue weighted by Gasteiger charge is -2.26. The summed E-state index contributed by atoms with van der Waals surface area (Å²) in [4.78, 5) is 39.3. The number of urea groups is 1. The van der Waals surface area contributed by atoms with Crippen molar-refractivity contribution in [3.8, 4) is 5.75 Å². The molecule has 4 aromatic carbocycles. The van der Waals surface area contributed by atoms with Crippen LogP contribution >= 0.6 is 0 Å². The number of benzene rings is 4. The number of barbiturate groups is 1. The zero-order valence-corrected chi connectivity index (χ0v) is 20.9.